The Bertz CT molecular complexity index is 485. The molecule has 1 aromatic carbocycles. The summed E-state index contributed by atoms with van der Waals surface area (Å²) in [4.78, 5) is 0. The highest BCUT2D eigenvalue weighted by Crippen LogP contribution is 2.45. The van der Waals surface area contributed by atoms with Gasteiger partial charge in [0.15, 0.2) is 0 Å². The highest BCUT2D eigenvalue weighted by molar-refractivity contribution is 6.30. The van der Waals surface area contributed by atoms with Gasteiger partial charge in [-0.3, -0.25) is 0 Å². The number of hydrogen-bond donors (Lipinski definition) is 1. The molecule has 0 aromatic heterocycles. The molecular weight excluding hydrogens is 249 g/mol. The lowest BCUT2D eigenvalue weighted by Crippen LogP contribution is -2.28. The standard InChI is InChI=1S/C15H17ClFN/c1-9(13-7-10-2-3-11(13)6-10)18-12-4-5-14(16)15(17)8-12/h2-5,8-11,13,18H,6-7H2,1H3. The fourth-order valence-corrected chi connectivity index (χ4v) is 3.47. The van der Waals surface area contributed by atoms with Crippen molar-refractivity contribution in [3.05, 3.63) is 41.2 Å². The third kappa shape index (κ3) is 2.14. The molecule has 96 valence electrons. The van der Waals surface area contributed by atoms with Gasteiger partial charge in [-0.05, 0) is 55.7 Å². The second-order valence-electron chi connectivity index (χ2n) is 5.51. The molecule has 4 atom stereocenters. The van der Waals surface area contributed by atoms with E-state index >= 15 is 0 Å². The van der Waals surface area contributed by atoms with Crippen molar-refractivity contribution in [1.82, 2.24) is 0 Å². The van der Waals surface area contributed by atoms with Crippen LogP contribution in [-0.4, -0.2) is 6.04 Å². The topological polar surface area (TPSA) is 12.0 Å². The summed E-state index contributed by atoms with van der Waals surface area (Å²) in [6, 6.07) is 5.28. The van der Waals surface area contributed by atoms with E-state index in [9.17, 15) is 4.39 Å². The maximum Gasteiger partial charge on any atom is 0.143 e. The second kappa shape index (κ2) is 4.58. The summed E-state index contributed by atoms with van der Waals surface area (Å²) in [5, 5.41) is 3.58. The van der Waals surface area contributed by atoms with Crippen LogP contribution in [0.25, 0.3) is 0 Å². The molecule has 4 unspecified atom stereocenters. The lowest BCUT2D eigenvalue weighted by atomic mass is 9.87. The van der Waals surface area contributed by atoms with Gasteiger partial charge in [0, 0.05) is 11.7 Å². The summed E-state index contributed by atoms with van der Waals surface area (Å²) in [5.74, 6) is 1.78. The van der Waals surface area contributed by atoms with E-state index in [1.807, 2.05) is 6.07 Å². The van der Waals surface area contributed by atoms with Crippen molar-refractivity contribution in [2.24, 2.45) is 17.8 Å². The highest BCUT2D eigenvalue weighted by atomic mass is 35.5. The second-order valence-corrected chi connectivity index (χ2v) is 5.91. The predicted molar refractivity (Wildman–Crippen MR) is 73.3 cm³/mol. The minimum absolute atomic E-state index is 0.177. The quantitative estimate of drug-likeness (QED) is 0.794. The minimum atomic E-state index is -0.360. The summed E-state index contributed by atoms with van der Waals surface area (Å²) in [7, 11) is 0. The average Bonchev–Trinajstić information content (AvgIpc) is 2.96. The molecule has 0 amide bonds. The zero-order chi connectivity index (χ0) is 12.7. The Morgan fingerprint density at radius 3 is 2.78 bits per heavy atom. The number of nitrogens with one attached hydrogen (secondary N) is 1. The van der Waals surface area contributed by atoms with Gasteiger partial charge in [-0.25, -0.2) is 4.39 Å². The van der Waals surface area contributed by atoms with Crippen LogP contribution in [0.1, 0.15) is 19.8 Å². The summed E-state index contributed by atoms with van der Waals surface area (Å²) < 4.78 is 13.4. The first-order valence-electron chi connectivity index (χ1n) is 6.53. The molecule has 1 fully saturated rings. The summed E-state index contributed by atoms with van der Waals surface area (Å²) in [6.45, 7) is 2.19. The first-order valence-corrected chi connectivity index (χ1v) is 6.91. The van der Waals surface area contributed by atoms with Crippen molar-refractivity contribution < 1.29 is 4.39 Å². The van der Waals surface area contributed by atoms with Crippen LogP contribution in [0.4, 0.5) is 10.1 Å². The summed E-state index contributed by atoms with van der Waals surface area (Å²) in [6.07, 6.45) is 7.24. The molecule has 0 spiro atoms. The zero-order valence-electron chi connectivity index (χ0n) is 10.4. The number of hydrogen-bond acceptors (Lipinski definition) is 1. The van der Waals surface area contributed by atoms with Gasteiger partial charge < -0.3 is 5.32 Å². The van der Waals surface area contributed by atoms with Crippen LogP contribution < -0.4 is 5.32 Å². The first-order chi connectivity index (χ1) is 8.63. The van der Waals surface area contributed by atoms with Crippen molar-refractivity contribution in [3.8, 4) is 0 Å². The van der Waals surface area contributed by atoms with E-state index in [1.165, 1.54) is 18.9 Å². The van der Waals surface area contributed by atoms with Crippen LogP contribution in [-0.2, 0) is 0 Å². The molecule has 1 saturated carbocycles. The molecule has 2 aliphatic rings. The number of benzene rings is 1. The minimum Gasteiger partial charge on any atom is -0.382 e. The number of fused-ring (bicyclic) bond motifs is 2. The molecule has 1 aromatic rings. The SMILES string of the molecule is CC(Nc1ccc(Cl)c(F)c1)C1CC2C=CC1C2. The molecular formula is C15H17ClFN. The molecule has 0 saturated heterocycles. The molecule has 0 radical (unpaired) electrons. The molecule has 1 N–H and O–H groups in total. The van der Waals surface area contributed by atoms with Crippen molar-refractivity contribution in [1.29, 1.82) is 0 Å². The maximum atomic E-state index is 13.4. The lowest BCUT2D eigenvalue weighted by Gasteiger charge is -2.27. The van der Waals surface area contributed by atoms with Crippen LogP contribution in [0.3, 0.4) is 0 Å². The van der Waals surface area contributed by atoms with E-state index in [4.69, 9.17) is 11.6 Å². The molecule has 2 aliphatic carbocycles. The molecule has 1 nitrogen and oxygen atoms in total. The number of anilines is 1. The molecule has 18 heavy (non-hydrogen) atoms. The van der Waals surface area contributed by atoms with Gasteiger partial charge in [0.1, 0.15) is 5.82 Å². The van der Waals surface area contributed by atoms with E-state index in [0.717, 1.165) is 11.6 Å². The molecule has 2 bridgehead atoms. The van der Waals surface area contributed by atoms with Crippen LogP contribution in [0.15, 0.2) is 30.4 Å². The van der Waals surface area contributed by atoms with Crippen molar-refractivity contribution in [2.45, 2.75) is 25.8 Å². The van der Waals surface area contributed by atoms with Crippen molar-refractivity contribution in [2.75, 3.05) is 5.32 Å². The van der Waals surface area contributed by atoms with Gasteiger partial charge in [-0.1, -0.05) is 23.8 Å². The maximum absolute atomic E-state index is 13.4. The Balaban J connectivity index is 1.69. The van der Waals surface area contributed by atoms with Crippen molar-refractivity contribution >= 4 is 17.3 Å². The van der Waals surface area contributed by atoms with Gasteiger partial charge in [0.25, 0.3) is 0 Å². The monoisotopic (exact) mass is 265 g/mol. The van der Waals surface area contributed by atoms with Gasteiger partial charge in [0.2, 0.25) is 0 Å². The van der Waals surface area contributed by atoms with E-state index in [-0.39, 0.29) is 10.8 Å². The Morgan fingerprint density at radius 1 is 1.33 bits per heavy atom. The van der Waals surface area contributed by atoms with Crippen molar-refractivity contribution in [3.63, 3.8) is 0 Å². The number of rotatable bonds is 3. The third-order valence-corrected chi connectivity index (χ3v) is 4.59. The molecule has 0 aliphatic heterocycles. The fraction of sp³-hybridized carbons (Fsp3) is 0.467. The number of halogens is 2. The van der Waals surface area contributed by atoms with Gasteiger partial charge in [0.05, 0.1) is 5.02 Å². The van der Waals surface area contributed by atoms with Crippen LogP contribution in [0, 0.1) is 23.6 Å². The van der Waals surface area contributed by atoms with Gasteiger partial charge in [-0.15, -0.1) is 0 Å². The number of allylic oxidation sites excluding steroid dienone is 2. The van der Waals surface area contributed by atoms with E-state index < -0.39 is 0 Å². The molecule has 3 rings (SSSR count). The summed E-state index contributed by atoms with van der Waals surface area (Å²) >= 11 is 5.68. The van der Waals surface area contributed by atoms with Crippen LogP contribution in [0.2, 0.25) is 5.02 Å². The van der Waals surface area contributed by atoms with E-state index in [1.54, 1.807) is 6.07 Å². The highest BCUT2D eigenvalue weighted by Gasteiger charge is 2.38. The fourth-order valence-electron chi connectivity index (χ4n) is 3.35. The van der Waals surface area contributed by atoms with Crippen LogP contribution in [0.5, 0.6) is 0 Å². The smallest absolute Gasteiger partial charge is 0.143 e. The zero-order valence-corrected chi connectivity index (χ0v) is 11.1. The lowest BCUT2D eigenvalue weighted by molar-refractivity contribution is 0.400. The Labute approximate surface area is 112 Å². The largest absolute Gasteiger partial charge is 0.382 e. The summed E-state index contributed by atoms with van der Waals surface area (Å²) in [5.41, 5.74) is 0.816. The predicted octanol–water partition coefficient (Wildman–Crippen LogP) is 4.49. The third-order valence-electron chi connectivity index (χ3n) is 4.29. The Kier molecular flexibility index (Phi) is 3.06. The molecule has 0 heterocycles. The van der Waals surface area contributed by atoms with Gasteiger partial charge in [-0.2, -0.15) is 0 Å². The van der Waals surface area contributed by atoms with E-state index in [2.05, 4.69) is 24.4 Å². The molecule has 3 heteroatoms. The van der Waals surface area contributed by atoms with Crippen LogP contribution >= 0.6 is 11.6 Å². The Hall–Kier alpha value is -1.02. The van der Waals surface area contributed by atoms with Gasteiger partial charge >= 0.3 is 0 Å². The Morgan fingerprint density at radius 2 is 2.17 bits per heavy atom. The van der Waals surface area contributed by atoms with E-state index in [0.29, 0.717) is 17.9 Å². The first kappa shape index (κ1) is 12.0. The normalized spacial score (nSPS) is 30.7. The average molecular weight is 266 g/mol.